The smallest absolute Gasteiger partial charge is 0.238 e. The first-order valence-corrected chi connectivity index (χ1v) is 21.3. The van der Waals surface area contributed by atoms with E-state index in [0.717, 1.165) is 16.9 Å². The number of carbonyl (C=O) groups excluding carboxylic acids is 4. The zero-order valence-electron chi connectivity index (χ0n) is 35.8. The highest BCUT2D eigenvalue weighted by Crippen LogP contribution is 2.59. The molecule has 2 heterocycles. The molecular weight excluding hydrogens is 832 g/mol. The maximum atomic E-state index is 14.7. The van der Waals surface area contributed by atoms with Gasteiger partial charge in [-0.15, -0.1) is 0 Å². The number of hydrogen-bond acceptors (Lipinski definition) is 12. The lowest BCUT2D eigenvalue weighted by Gasteiger charge is -2.44. The minimum atomic E-state index is -0.864. The number of imide groups is 2. The topological polar surface area (TPSA) is 160 Å². The highest BCUT2D eigenvalue weighted by Gasteiger charge is 2.62. The maximum Gasteiger partial charge on any atom is 0.238 e. The molecule has 0 radical (unpaired) electrons. The van der Waals surface area contributed by atoms with Crippen molar-refractivity contribution in [1.82, 2.24) is 0 Å². The Hall–Kier alpha value is -7.19. The number of phenols is 1. The van der Waals surface area contributed by atoms with Crippen molar-refractivity contribution in [3.8, 4) is 11.5 Å². The minimum Gasteiger partial charge on any atom is -0.503 e. The number of halogens is 1. The van der Waals surface area contributed by atoms with Gasteiger partial charge in [-0.05, 0) is 134 Å². The van der Waals surface area contributed by atoms with Gasteiger partial charge in [-0.1, -0.05) is 23.3 Å². The highest BCUT2D eigenvalue weighted by molar-refractivity contribution is 6.32. The quantitative estimate of drug-likeness (QED) is 0.0824. The average molecular weight is 877 g/mol. The van der Waals surface area contributed by atoms with E-state index < -0.39 is 47.3 Å². The van der Waals surface area contributed by atoms with Gasteiger partial charge in [-0.2, -0.15) is 20.5 Å². The summed E-state index contributed by atoms with van der Waals surface area (Å²) >= 11 is 6.57. The van der Waals surface area contributed by atoms with Gasteiger partial charge in [0.1, 0.15) is 0 Å². The number of amides is 4. The molecule has 0 aromatic heterocycles. The molecule has 4 amide bonds. The fraction of sp³-hybridized carbons (Fsp3) is 0.265. The molecule has 5 aromatic carbocycles. The highest BCUT2D eigenvalue weighted by atomic mass is 35.5. The summed E-state index contributed by atoms with van der Waals surface area (Å²) in [5, 5.41) is 28.1. The minimum absolute atomic E-state index is 0.0119. The molecule has 14 nitrogen and oxygen atoms in total. The van der Waals surface area contributed by atoms with E-state index in [-0.39, 0.29) is 41.2 Å². The molecule has 5 aromatic rings. The number of rotatable bonds is 10. The van der Waals surface area contributed by atoms with Crippen LogP contribution in [-0.2, 0) is 19.2 Å². The molecule has 0 bridgehead atoms. The summed E-state index contributed by atoms with van der Waals surface area (Å²) in [6, 6.07) is 32.0. The van der Waals surface area contributed by atoms with Crippen molar-refractivity contribution in [2.75, 3.05) is 54.9 Å². The molecule has 2 saturated heterocycles. The van der Waals surface area contributed by atoms with Crippen LogP contribution in [0.25, 0.3) is 0 Å². The van der Waals surface area contributed by atoms with Crippen LogP contribution in [0.4, 0.5) is 45.5 Å². The van der Waals surface area contributed by atoms with Crippen molar-refractivity contribution in [2.24, 2.45) is 50.0 Å². The van der Waals surface area contributed by atoms with Crippen LogP contribution >= 0.6 is 11.6 Å². The zero-order chi connectivity index (χ0) is 45.0. The lowest BCUT2D eigenvalue weighted by Crippen LogP contribution is -2.43. The Balaban J connectivity index is 1.00. The van der Waals surface area contributed by atoms with Gasteiger partial charge in [0, 0.05) is 45.5 Å². The van der Waals surface area contributed by atoms with Crippen molar-refractivity contribution >= 4 is 80.7 Å². The lowest BCUT2D eigenvalue weighted by molar-refractivity contribution is -0.126. The molecule has 9 rings (SSSR count). The first-order valence-electron chi connectivity index (χ1n) is 20.9. The van der Waals surface area contributed by atoms with Crippen molar-refractivity contribution in [3.05, 3.63) is 131 Å². The second kappa shape index (κ2) is 16.8. The predicted molar refractivity (Wildman–Crippen MR) is 245 cm³/mol. The molecule has 0 unspecified atom stereocenters. The normalized spacial score (nSPS) is 22.8. The molecule has 1 saturated carbocycles. The van der Waals surface area contributed by atoms with Crippen LogP contribution in [0, 0.1) is 29.6 Å². The van der Waals surface area contributed by atoms with E-state index in [1.165, 1.54) is 16.9 Å². The molecule has 4 aliphatic rings. The summed E-state index contributed by atoms with van der Waals surface area (Å²) in [7, 11) is 9.24. The average Bonchev–Trinajstić information content (AvgIpc) is 3.71. The lowest BCUT2D eigenvalue weighted by atomic mass is 9.57. The number of aromatic hydroxyl groups is 1. The van der Waals surface area contributed by atoms with Crippen LogP contribution in [0.5, 0.6) is 11.5 Å². The van der Waals surface area contributed by atoms with Crippen LogP contribution in [0.1, 0.15) is 24.3 Å². The summed E-state index contributed by atoms with van der Waals surface area (Å²) in [5.41, 5.74) is 6.60. The van der Waals surface area contributed by atoms with E-state index in [9.17, 15) is 24.3 Å². The summed E-state index contributed by atoms with van der Waals surface area (Å²) in [4.78, 5) is 64.6. The first kappa shape index (κ1) is 42.1. The summed E-state index contributed by atoms with van der Waals surface area (Å²) in [5.74, 6) is -6.07. The van der Waals surface area contributed by atoms with Crippen LogP contribution in [0.2, 0.25) is 5.02 Å². The van der Waals surface area contributed by atoms with Gasteiger partial charge >= 0.3 is 0 Å². The maximum absolute atomic E-state index is 14.7. The van der Waals surface area contributed by atoms with E-state index in [4.69, 9.17) is 16.3 Å². The van der Waals surface area contributed by atoms with E-state index in [1.54, 1.807) is 60.7 Å². The van der Waals surface area contributed by atoms with Crippen LogP contribution in [0.15, 0.2) is 141 Å². The third kappa shape index (κ3) is 7.46. The van der Waals surface area contributed by atoms with Gasteiger partial charge in [-0.25, -0.2) is 0 Å². The summed E-state index contributed by atoms with van der Waals surface area (Å²) in [6.45, 7) is 0. The summed E-state index contributed by atoms with van der Waals surface area (Å²) in [6.07, 6.45) is 2.39. The Morgan fingerprint density at radius 3 is 1.48 bits per heavy atom. The SMILES string of the molecule is COc1cc([C@H]2C3=CC[C@@H]4C(=O)N(c5ccc(N=Nc6ccc(N(C)C)cc6)cc5)C(=O)[C@@H]4[C@@H]3C[C@H]3C(=O)N(c4ccc(N=Nc5ccc(N(C)C)cc5)cc4)C(=O)[C@@H]23)cc(Cl)c1O. The predicted octanol–water partition coefficient (Wildman–Crippen LogP) is 10.1. The van der Waals surface area contributed by atoms with Crippen molar-refractivity contribution in [1.29, 1.82) is 0 Å². The Labute approximate surface area is 375 Å². The van der Waals surface area contributed by atoms with Gasteiger partial charge in [0.05, 0.1) is 69.9 Å². The standard InChI is InChI=1S/C49H45ClN8O6/c1-55(2)32-14-6-28(7-15-32)51-53-30-10-18-34(19-11-30)57-46(60)37-23-22-36-38(43(37)48(57)62)26-39-44(42(36)27-24-40(50)45(59)41(25-27)64-5)49(63)58(47(39)61)35-20-12-31(13-21-35)54-52-29-8-16-33(17-9-29)56(3)4/h6-22,24-25,37-39,42-44,59H,23,26H2,1-5H3/t37-,38+,39+,42-,43-,44+/m0/s1. The zero-order valence-corrected chi connectivity index (χ0v) is 36.5. The molecule has 1 N–H and O–H groups in total. The number of fused-ring (bicyclic) bond motifs is 4. The molecule has 64 heavy (non-hydrogen) atoms. The first-order chi connectivity index (χ1) is 30.8. The molecule has 15 heteroatoms. The Morgan fingerprint density at radius 2 is 1.03 bits per heavy atom. The number of methoxy groups -OCH3 is 1. The second-order valence-electron chi connectivity index (χ2n) is 16.9. The van der Waals surface area contributed by atoms with Crippen molar-refractivity contribution in [3.63, 3.8) is 0 Å². The van der Waals surface area contributed by atoms with Gasteiger partial charge in [-0.3, -0.25) is 29.0 Å². The molecule has 6 atom stereocenters. The molecule has 2 aliphatic heterocycles. The molecule has 324 valence electrons. The number of anilines is 4. The third-order valence-electron chi connectivity index (χ3n) is 12.8. The third-order valence-corrected chi connectivity index (χ3v) is 13.1. The van der Waals surface area contributed by atoms with E-state index in [2.05, 4.69) is 20.5 Å². The second-order valence-corrected chi connectivity index (χ2v) is 17.3. The largest absolute Gasteiger partial charge is 0.503 e. The number of phenolic OH excluding ortho intramolecular Hbond substituents is 1. The van der Waals surface area contributed by atoms with E-state index in [0.29, 0.717) is 39.7 Å². The van der Waals surface area contributed by atoms with E-state index in [1.807, 2.05) is 92.6 Å². The van der Waals surface area contributed by atoms with Gasteiger partial charge < -0.3 is 19.6 Å². The molecule has 2 aliphatic carbocycles. The van der Waals surface area contributed by atoms with Gasteiger partial charge in [0.15, 0.2) is 11.5 Å². The van der Waals surface area contributed by atoms with Crippen molar-refractivity contribution < 1.29 is 29.0 Å². The molecule has 0 spiro atoms. The van der Waals surface area contributed by atoms with Gasteiger partial charge in [0.25, 0.3) is 0 Å². The Morgan fingerprint density at radius 1 is 0.594 bits per heavy atom. The number of azo groups is 2. The Kier molecular flexibility index (Phi) is 11.1. The number of carbonyl (C=O) groups is 4. The van der Waals surface area contributed by atoms with Gasteiger partial charge in [0.2, 0.25) is 23.6 Å². The van der Waals surface area contributed by atoms with Crippen molar-refractivity contribution in [2.45, 2.75) is 18.8 Å². The monoisotopic (exact) mass is 876 g/mol. The number of benzene rings is 5. The van der Waals surface area contributed by atoms with Crippen LogP contribution in [-0.4, -0.2) is 64.0 Å². The van der Waals surface area contributed by atoms with E-state index >= 15 is 0 Å². The molecular formula is C49H45ClN8O6. The van der Waals surface area contributed by atoms with Crippen LogP contribution < -0.4 is 24.3 Å². The number of allylic oxidation sites excluding steroid dienone is 2. The fourth-order valence-electron chi connectivity index (χ4n) is 9.60. The molecule has 3 fully saturated rings. The number of nitrogens with zero attached hydrogens (tertiary/aromatic N) is 8. The Bertz CT molecular complexity index is 2750. The fourth-order valence-corrected chi connectivity index (χ4v) is 9.82. The number of ether oxygens (including phenoxy) is 1. The number of hydrogen-bond donors (Lipinski definition) is 1. The summed E-state index contributed by atoms with van der Waals surface area (Å²) < 4.78 is 5.48. The van der Waals surface area contributed by atoms with Crippen LogP contribution in [0.3, 0.4) is 0 Å².